The van der Waals surface area contributed by atoms with Crippen molar-refractivity contribution in [3.8, 4) is 11.5 Å². The van der Waals surface area contributed by atoms with E-state index in [1.54, 1.807) is 13.0 Å². The van der Waals surface area contributed by atoms with Gasteiger partial charge in [0.25, 0.3) is 0 Å². The SMILES string of the molecule is CC(N)CC(=O)Nc1cccc(Oc2ccccc2)c1. The number of rotatable bonds is 5. The minimum Gasteiger partial charge on any atom is -0.457 e. The molecule has 1 amide bonds. The first-order valence-electron chi connectivity index (χ1n) is 6.52. The molecule has 0 aliphatic carbocycles. The van der Waals surface area contributed by atoms with Gasteiger partial charge in [-0.1, -0.05) is 24.3 Å². The van der Waals surface area contributed by atoms with Gasteiger partial charge in [-0.15, -0.1) is 0 Å². The van der Waals surface area contributed by atoms with Crippen LogP contribution in [0, 0.1) is 0 Å². The summed E-state index contributed by atoms with van der Waals surface area (Å²) in [6.07, 6.45) is 0.295. The van der Waals surface area contributed by atoms with Crippen LogP contribution in [-0.2, 0) is 4.79 Å². The lowest BCUT2D eigenvalue weighted by Crippen LogP contribution is -2.23. The maximum Gasteiger partial charge on any atom is 0.225 e. The molecule has 0 bridgehead atoms. The Balaban J connectivity index is 2.03. The zero-order valence-electron chi connectivity index (χ0n) is 11.4. The first kappa shape index (κ1) is 14.1. The van der Waals surface area contributed by atoms with E-state index in [9.17, 15) is 4.79 Å². The van der Waals surface area contributed by atoms with Crippen LogP contribution < -0.4 is 15.8 Å². The number of carbonyl (C=O) groups excluding carboxylic acids is 1. The summed E-state index contributed by atoms with van der Waals surface area (Å²) >= 11 is 0. The number of ether oxygens (including phenoxy) is 1. The molecule has 0 aliphatic rings. The number of nitrogens with two attached hydrogens (primary N) is 1. The summed E-state index contributed by atoms with van der Waals surface area (Å²) in [5, 5.41) is 2.80. The monoisotopic (exact) mass is 270 g/mol. The highest BCUT2D eigenvalue weighted by Gasteiger charge is 2.06. The number of amides is 1. The molecule has 2 aromatic carbocycles. The summed E-state index contributed by atoms with van der Waals surface area (Å²) in [6.45, 7) is 1.80. The number of carbonyl (C=O) groups is 1. The predicted molar refractivity (Wildman–Crippen MR) is 79.9 cm³/mol. The molecule has 4 nitrogen and oxygen atoms in total. The highest BCUT2D eigenvalue weighted by molar-refractivity contribution is 5.91. The lowest BCUT2D eigenvalue weighted by atomic mass is 10.2. The van der Waals surface area contributed by atoms with E-state index in [2.05, 4.69) is 5.32 Å². The Morgan fingerprint density at radius 1 is 1.15 bits per heavy atom. The highest BCUT2D eigenvalue weighted by Crippen LogP contribution is 2.23. The van der Waals surface area contributed by atoms with Gasteiger partial charge < -0.3 is 15.8 Å². The number of benzene rings is 2. The van der Waals surface area contributed by atoms with Crippen LogP contribution in [-0.4, -0.2) is 11.9 Å². The van der Waals surface area contributed by atoms with Gasteiger partial charge in [0.2, 0.25) is 5.91 Å². The Bertz CT molecular complexity index is 568. The standard InChI is InChI=1S/C16H18N2O2/c1-12(17)10-16(19)18-13-6-5-9-15(11-13)20-14-7-3-2-4-8-14/h2-9,11-12H,10,17H2,1H3,(H,18,19). The van der Waals surface area contributed by atoms with Crippen molar-refractivity contribution >= 4 is 11.6 Å². The molecule has 0 aromatic heterocycles. The lowest BCUT2D eigenvalue weighted by Gasteiger charge is -2.09. The van der Waals surface area contributed by atoms with Gasteiger partial charge >= 0.3 is 0 Å². The number of anilines is 1. The van der Waals surface area contributed by atoms with Crippen molar-refractivity contribution in [1.82, 2.24) is 0 Å². The van der Waals surface area contributed by atoms with Crippen LogP contribution in [0.2, 0.25) is 0 Å². The van der Waals surface area contributed by atoms with Crippen LogP contribution in [0.4, 0.5) is 5.69 Å². The number of nitrogens with one attached hydrogen (secondary N) is 1. The Kier molecular flexibility index (Phi) is 4.74. The maximum absolute atomic E-state index is 11.7. The molecule has 0 saturated heterocycles. The summed E-state index contributed by atoms with van der Waals surface area (Å²) < 4.78 is 5.71. The van der Waals surface area contributed by atoms with Crippen LogP contribution in [0.5, 0.6) is 11.5 Å². The third kappa shape index (κ3) is 4.40. The molecule has 1 unspecified atom stereocenters. The maximum atomic E-state index is 11.7. The van der Waals surface area contributed by atoms with Crippen LogP contribution in [0.25, 0.3) is 0 Å². The summed E-state index contributed by atoms with van der Waals surface area (Å²) in [5.41, 5.74) is 6.29. The second-order valence-electron chi connectivity index (χ2n) is 4.67. The summed E-state index contributed by atoms with van der Waals surface area (Å²) in [6, 6.07) is 16.6. The number of para-hydroxylation sites is 1. The van der Waals surface area contributed by atoms with Gasteiger partial charge in [-0.3, -0.25) is 4.79 Å². The molecule has 0 heterocycles. The van der Waals surface area contributed by atoms with Crippen LogP contribution in [0.15, 0.2) is 54.6 Å². The van der Waals surface area contributed by atoms with Crippen molar-refractivity contribution in [2.45, 2.75) is 19.4 Å². The van der Waals surface area contributed by atoms with Gasteiger partial charge in [0.15, 0.2) is 0 Å². The molecular weight excluding hydrogens is 252 g/mol. The fraction of sp³-hybridized carbons (Fsp3) is 0.188. The normalized spacial score (nSPS) is 11.7. The fourth-order valence-corrected chi connectivity index (χ4v) is 1.77. The van der Waals surface area contributed by atoms with E-state index in [0.29, 0.717) is 17.9 Å². The van der Waals surface area contributed by atoms with Gasteiger partial charge in [-0.25, -0.2) is 0 Å². The molecular formula is C16H18N2O2. The first-order valence-corrected chi connectivity index (χ1v) is 6.52. The third-order valence-electron chi connectivity index (χ3n) is 2.60. The van der Waals surface area contributed by atoms with Crippen molar-refractivity contribution in [3.05, 3.63) is 54.6 Å². The molecule has 0 aliphatic heterocycles. The van der Waals surface area contributed by atoms with Crippen molar-refractivity contribution in [1.29, 1.82) is 0 Å². The summed E-state index contributed by atoms with van der Waals surface area (Å²) in [5.74, 6) is 1.33. The molecule has 0 fully saturated rings. The highest BCUT2D eigenvalue weighted by atomic mass is 16.5. The minimum absolute atomic E-state index is 0.100. The second kappa shape index (κ2) is 6.73. The van der Waals surface area contributed by atoms with Crippen molar-refractivity contribution in [2.75, 3.05) is 5.32 Å². The van der Waals surface area contributed by atoms with Gasteiger partial charge in [-0.05, 0) is 31.2 Å². The van der Waals surface area contributed by atoms with E-state index in [1.807, 2.05) is 48.5 Å². The van der Waals surface area contributed by atoms with Crippen LogP contribution >= 0.6 is 0 Å². The molecule has 0 spiro atoms. The molecule has 4 heteroatoms. The molecule has 2 aromatic rings. The topological polar surface area (TPSA) is 64.4 Å². The zero-order chi connectivity index (χ0) is 14.4. The third-order valence-corrected chi connectivity index (χ3v) is 2.60. The van der Waals surface area contributed by atoms with Gasteiger partial charge in [0, 0.05) is 24.2 Å². The quantitative estimate of drug-likeness (QED) is 0.877. The van der Waals surface area contributed by atoms with E-state index < -0.39 is 0 Å². The largest absolute Gasteiger partial charge is 0.457 e. The first-order chi connectivity index (χ1) is 9.63. The van der Waals surface area contributed by atoms with Gasteiger partial charge in [0.1, 0.15) is 11.5 Å². The van der Waals surface area contributed by atoms with E-state index in [-0.39, 0.29) is 11.9 Å². The molecule has 0 radical (unpaired) electrons. The van der Waals surface area contributed by atoms with Crippen molar-refractivity contribution in [3.63, 3.8) is 0 Å². The Hall–Kier alpha value is -2.33. The zero-order valence-corrected chi connectivity index (χ0v) is 11.4. The van der Waals surface area contributed by atoms with Gasteiger partial charge in [-0.2, -0.15) is 0 Å². The molecule has 3 N–H and O–H groups in total. The van der Waals surface area contributed by atoms with Crippen LogP contribution in [0.3, 0.4) is 0 Å². The molecule has 0 saturated carbocycles. The molecule has 2 rings (SSSR count). The lowest BCUT2D eigenvalue weighted by molar-refractivity contribution is -0.116. The second-order valence-corrected chi connectivity index (χ2v) is 4.67. The molecule has 1 atom stereocenters. The number of hydrogen-bond acceptors (Lipinski definition) is 3. The average Bonchev–Trinajstić information content (AvgIpc) is 2.39. The van der Waals surface area contributed by atoms with E-state index >= 15 is 0 Å². The van der Waals surface area contributed by atoms with Crippen molar-refractivity contribution < 1.29 is 9.53 Å². The Morgan fingerprint density at radius 3 is 2.55 bits per heavy atom. The van der Waals surface area contributed by atoms with Gasteiger partial charge in [0.05, 0.1) is 0 Å². The van der Waals surface area contributed by atoms with E-state index in [1.165, 1.54) is 0 Å². The van der Waals surface area contributed by atoms with E-state index in [0.717, 1.165) is 5.75 Å². The summed E-state index contributed by atoms with van der Waals surface area (Å²) in [7, 11) is 0. The van der Waals surface area contributed by atoms with Crippen molar-refractivity contribution in [2.24, 2.45) is 5.73 Å². The van der Waals surface area contributed by atoms with Crippen LogP contribution in [0.1, 0.15) is 13.3 Å². The molecule has 104 valence electrons. The van der Waals surface area contributed by atoms with E-state index in [4.69, 9.17) is 10.5 Å². The summed E-state index contributed by atoms with van der Waals surface area (Å²) in [4.78, 5) is 11.7. The Morgan fingerprint density at radius 2 is 1.85 bits per heavy atom. The molecule has 20 heavy (non-hydrogen) atoms. The average molecular weight is 270 g/mol. The Labute approximate surface area is 118 Å². The smallest absolute Gasteiger partial charge is 0.225 e. The predicted octanol–water partition coefficient (Wildman–Crippen LogP) is 3.15. The minimum atomic E-state index is -0.154. The number of hydrogen-bond donors (Lipinski definition) is 2. The fourth-order valence-electron chi connectivity index (χ4n) is 1.77.